The SMILES string of the molecule is CN/N=C(\C)c1cc(Cl)ccc1NS(=O)(=O)C(F)(F)F. The Morgan fingerprint density at radius 3 is 2.45 bits per heavy atom. The van der Waals surface area contributed by atoms with Crippen molar-refractivity contribution in [1.82, 2.24) is 5.43 Å². The van der Waals surface area contributed by atoms with E-state index in [4.69, 9.17) is 11.6 Å². The molecule has 1 aromatic carbocycles. The Labute approximate surface area is 118 Å². The lowest BCUT2D eigenvalue weighted by molar-refractivity contribution is -0.0429. The number of alkyl halides is 3. The third-order valence-electron chi connectivity index (χ3n) is 2.20. The van der Waals surface area contributed by atoms with E-state index in [0.29, 0.717) is 0 Å². The van der Waals surface area contributed by atoms with E-state index in [2.05, 4.69) is 10.5 Å². The largest absolute Gasteiger partial charge is 0.516 e. The van der Waals surface area contributed by atoms with Crippen LogP contribution in [0.2, 0.25) is 5.02 Å². The van der Waals surface area contributed by atoms with Gasteiger partial charge in [-0.2, -0.15) is 26.7 Å². The Morgan fingerprint density at radius 1 is 1.35 bits per heavy atom. The van der Waals surface area contributed by atoms with E-state index in [1.165, 1.54) is 30.8 Å². The molecule has 5 nitrogen and oxygen atoms in total. The summed E-state index contributed by atoms with van der Waals surface area (Å²) in [5.74, 6) is 0. The molecule has 0 radical (unpaired) electrons. The molecule has 1 rings (SSSR count). The van der Waals surface area contributed by atoms with E-state index in [-0.39, 0.29) is 22.0 Å². The van der Waals surface area contributed by atoms with Crippen LogP contribution in [0.1, 0.15) is 12.5 Å². The van der Waals surface area contributed by atoms with E-state index in [1.54, 1.807) is 0 Å². The smallest absolute Gasteiger partial charge is 0.313 e. The second kappa shape index (κ2) is 5.88. The van der Waals surface area contributed by atoms with Crippen molar-refractivity contribution in [3.05, 3.63) is 28.8 Å². The molecule has 0 saturated carbocycles. The van der Waals surface area contributed by atoms with Crippen molar-refractivity contribution in [2.24, 2.45) is 5.10 Å². The second-order valence-corrected chi connectivity index (χ2v) is 5.77. The third-order valence-corrected chi connectivity index (χ3v) is 3.53. The number of hydrazone groups is 1. The van der Waals surface area contributed by atoms with Gasteiger partial charge in [0, 0.05) is 17.6 Å². The minimum atomic E-state index is -5.50. The standard InChI is InChI=1S/C10H11ClF3N3O2S/c1-6(16-15-2)8-5-7(11)3-4-9(8)17-20(18,19)10(12,13)14/h3-5,15,17H,1-2H3/b16-6+. The van der Waals surface area contributed by atoms with Gasteiger partial charge >= 0.3 is 15.5 Å². The van der Waals surface area contributed by atoms with Gasteiger partial charge in [-0.1, -0.05) is 11.6 Å². The number of benzene rings is 1. The van der Waals surface area contributed by atoms with Gasteiger partial charge in [0.2, 0.25) is 0 Å². The summed E-state index contributed by atoms with van der Waals surface area (Å²) in [7, 11) is -4.01. The Kier molecular flexibility index (Phi) is 4.87. The van der Waals surface area contributed by atoms with Gasteiger partial charge in [0.1, 0.15) is 0 Å². The van der Waals surface area contributed by atoms with Crippen molar-refractivity contribution in [3.8, 4) is 0 Å². The predicted molar refractivity (Wildman–Crippen MR) is 71.3 cm³/mol. The Morgan fingerprint density at radius 2 is 1.95 bits per heavy atom. The fourth-order valence-corrected chi connectivity index (χ4v) is 2.09. The minimum Gasteiger partial charge on any atom is -0.313 e. The molecule has 0 aliphatic heterocycles. The van der Waals surface area contributed by atoms with E-state index >= 15 is 0 Å². The molecule has 0 aromatic heterocycles. The molecule has 112 valence electrons. The maximum Gasteiger partial charge on any atom is 0.516 e. The van der Waals surface area contributed by atoms with Crippen LogP contribution < -0.4 is 10.1 Å². The number of sulfonamides is 1. The number of anilines is 1. The molecule has 0 unspecified atom stereocenters. The lowest BCUT2D eigenvalue weighted by Gasteiger charge is -2.14. The molecule has 0 saturated heterocycles. The zero-order valence-electron chi connectivity index (χ0n) is 10.4. The molecule has 2 N–H and O–H groups in total. The molecular weight excluding hydrogens is 319 g/mol. The molecule has 0 aliphatic rings. The number of rotatable bonds is 4. The van der Waals surface area contributed by atoms with Gasteiger partial charge in [-0.05, 0) is 25.1 Å². The summed E-state index contributed by atoms with van der Waals surface area (Å²) >= 11 is 5.75. The highest BCUT2D eigenvalue weighted by Crippen LogP contribution is 2.28. The maximum atomic E-state index is 12.4. The number of nitrogens with zero attached hydrogens (tertiary/aromatic N) is 1. The predicted octanol–water partition coefficient (Wildman–Crippen LogP) is 2.54. The highest BCUT2D eigenvalue weighted by Gasteiger charge is 2.46. The van der Waals surface area contributed by atoms with Crippen molar-refractivity contribution in [2.75, 3.05) is 11.8 Å². The fraction of sp³-hybridized carbons (Fsp3) is 0.300. The quantitative estimate of drug-likeness (QED) is 0.659. The number of nitrogens with one attached hydrogen (secondary N) is 2. The number of halogens is 4. The van der Waals surface area contributed by atoms with Crippen molar-refractivity contribution in [2.45, 2.75) is 12.4 Å². The van der Waals surface area contributed by atoms with Gasteiger partial charge < -0.3 is 5.43 Å². The lowest BCUT2D eigenvalue weighted by atomic mass is 10.1. The molecule has 10 heteroatoms. The molecule has 1 aromatic rings. The summed E-state index contributed by atoms with van der Waals surface area (Å²) in [5, 5.41) is 4.02. The molecule has 0 amide bonds. The van der Waals surface area contributed by atoms with E-state index in [1.807, 2.05) is 0 Å². The summed E-state index contributed by atoms with van der Waals surface area (Å²) in [6.07, 6.45) is 0. The second-order valence-electron chi connectivity index (χ2n) is 3.66. The van der Waals surface area contributed by atoms with Gasteiger partial charge in [-0.25, -0.2) is 0 Å². The number of hydrogen-bond donors (Lipinski definition) is 2. The number of hydrogen-bond acceptors (Lipinski definition) is 4. The molecule has 0 spiro atoms. The summed E-state index contributed by atoms with van der Waals surface area (Å²) in [6.45, 7) is 1.49. The van der Waals surface area contributed by atoms with Gasteiger partial charge in [0.15, 0.2) is 0 Å². The van der Waals surface area contributed by atoms with Crippen LogP contribution >= 0.6 is 11.6 Å². The van der Waals surface area contributed by atoms with E-state index < -0.39 is 15.5 Å². The minimum absolute atomic E-state index is 0.139. The lowest BCUT2D eigenvalue weighted by Crippen LogP contribution is -2.30. The molecule has 20 heavy (non-hydrogen) atoms. The van der Waals surface area contributed by atoms with Gasteiger partial charge in [-0.3, -0.25) is 4.72 Å². The summed E-state index contributed by atoms with van der Waals surface area (Å²) < 4.78 is 60.8. The van der Waals surface area contributed by atoms with Gasteiger partial charge in [0.05, 0.1) is 11.4 Å². The normalized spacial score (nSPS) is 13.2. The van der Waals surface area contributed by atoms with Crippen LogP contribution in [-0.4, -0.2) is 26.7 Å². The topological polar surface area (TPSA) is 70.6 Å². The van der Waals surface area contributed by atoms with E-state index in [9.17, 15) is 21.6 Å². The van der Waals surface area contributed by atoms with Gasteiger partial charge in [0.25, 0.3) is 0 Å². The van der Waals surface area contributed by atoms with Crippen LogP contribution in [0.4, 0.5) is 18.9 Å². The van der Waals surface area contributed by atoms with Crippen LogP contribution in [0.25, 0.3) is 0 Å². The Hall–Kier alpha value is -1.48. The maximum absolute atomic E-state index is 12.4. The average Bonchev–Trinajstić information content (AvgIpc) is 2.30. The summed E-state index contributed by atoms with van der Waals surface area (Å²) in [6, 6.07) is 3.72. The monoisotopic (exact) mass is 329 g/mol. The first-order chi connectivity index (χ1) is 9.08. The first kappa shape index (κ1) is 16.6. The molecule has 0 atom stereocenters. The zero-order valence-corrected chi connectivity index (χ0v) is 12.0. The fourth-order valence-electron chi connectivity index (χ4n) is 1.34. The van der Waals surface area contributed by atoms with Crippen LogP contribution in [0.15, 0.2) is 23.3 Å². The highest BCUT2D eigenvalue weighted by atomic mass is 35.5. The average molecular weight is 330 g/mol. The zero-order chi connectivity index (χ0) is 15.6. The van der Waals surface area contributed by atoms with Crippen LogP contribution in [-0.2, 0) is 10.0 Å². The summed E-state index contributed by atoms with van der Waals surface area (Å²) in [4.78, 5) is 0. The van der Waals surface area contributed by atoms with Crippen molar-refractivity contribution < 1.29 is 21.6 Å². The van der Waals surface area contributed by atoms with Crippen molar-refractivity contribution >= 4 is 33.0 Å². The van der Waals surface area contributed by atoms with Gasteiger partial charge in [-0.15, -0.1) is 0 Å². The van der Waals surface area contributed by atoms with E-state index in [0.717, 1.165) is 6.07 Å². The van der Waals surface area contributed by atoms with Crippen LogP contribution in [0.5, 0.6) is 0 Å². The van der Waals surface area contributed by atoms with Crippen molar-refractivity contribution in [3.63, 3.8) is 0 Å². The van der Waals surface area contributed by atoms with Crippen molar-refractivity contribution in [1.29, 1.82) is 0 Å². The van der Waals surface area contributed by atoms with Crippen LogP contribution in [0, 0.1) is 0 Å². The third kappa shape index (κ3) is 3.76. The molecule has 0 bridgehead atoms. The first-order valence-electron chi connectivity index (χ1n) is 5.18. The Balaban J connectivity index is 3.30. The highest BCUT2D eigenvalue weighted by molar-refractivity contribution is 7.93. The first-order valence-corrected chi connectivity index (χ1v) is 7.04. The Bertz CT molecular complexity index is 629. The molecule has 0 fully saturated rings. The summed E-state index contributed by atoms with van der Waals surface area (Å²) in [5.41, 5.74) is -2.80. The van der Waals surface area contributed by atoms with Crippen LogP contribution in [0.3, 0.4) is 0 Å². The molecular formula is C10H11ClF3N3O2S. The molecule has 0 aliphatic carbocycles. The molecule has 0 heterocycles.